The van der Waals surface area contributed by atoms with Crippen LogP contribution in [0.4, 0.5) is 0 Å². The highest BCUT2D eigenvalue weighted by molar-refractivity contribution is 6.30. The number of carbonyl (C=O) groups is 2. The molecule has 1 N–H and O–H groups in total. The van der Waals surface area contributed by atoms with Crippen LogP contribution in [0.5, 0.6) is 5.75 Å². The van der Waals surface area contributed by atoms with Gasteiger partial charge < -0.3 is 4.74 Å². The maximum absolute atomic E-state index is 12.1. The van der Waals surface area contributed by atoms with Crippen LogP contribution in [0, 0.1) is 0 Å². The number of carbonyl (C=O) groups excluding carboxylic acids is 2. The molecule has 5 heteroatoms. The molecule has 0 aliphatic carbocycles. The van der Waals surface area contributed by atoms with Crippen LogP contribution in [0.3, 0.4) is 0 Å². The van der Waals surface area contributed by atoms with Gasteiger partial charge in [-0.05, 0) is 42.3 Å². The third kappa shape index (κ3) is 2.85. The molecular weight excluding hydrogens is 314 g/mol. The first-order valence-electron chi connectivity index (χ1n) is 7.22. The number of ether oxygens (including phenoxy) is 1. The number of halogens is 1. The van der Waals surface area contributed by atoms with Gasteiger partial charge in [0.15, 0.2) is 0 Å². The summed E-state index contributed by atoms with van der Waals surface area (Å²) in [7, 11) is 0. The lowest BCUT2D eigenvalue weighted by Crippen LogP contribution is -2.20. The molecule has 2 aromatic rings. The van der Waals surface area contributed by atoms with Crippen molar-refractivity contribution in [2.24, 2.45) is 0 Å². The van der Waals surface area contributed by atoms with Crippen molar-refractivity contribution in [3.05, 3.63) is 64.9 Å². The zero-order chi connectivity index (χ0) is 16.4. The molecule has 0 radical (unpaired) electrons. The van der Waals surface area contributed by atoms with Gasteiger partial charge in [0.1, 0.15) is 5.75 Å². The minimum absolute atomic E-state index is 0.267. The Kier molecular flexibility index (Phi) is 4.17. The van der Waals surface area contributed by atoms with Crippen LogP contribution in [-0.4, -0.2) is 11.8 Å². The topological polar surface area (TPSA) is 55.4 Å². The van der Waals surface area contributed by atoms with Crippen LogP contribution >= 0.6 is 11.6 Å². The molecular formula is C18H14ClNO3. The van der Waals surface area contributed by atoms with E-state index in [0.717, 1.165) is 17.5 Å². The van der Waals surface area contributed by atoms with Crippen molar-refractivity contribution in [3.63, 3.8) is 0 Å². The number of hydrogen-bond acceptors (Lipinski definition) is 3. The van der Waals surface area contributed by atoms with Gasteiger partial charge in [0, 0.05) is 10.6 Å². The molecule has 0 fully saturated rings. The van der Waals surface area contributed by atoms with E-state index in [1.807, 2.05) is 25.1 Å². The van der Waals surface area contributed by atoms with Gasteiger partial charge in [-0.1, -0.05) is 30.7 Å². The Balaban J connectivity index is 2.17. The summed E-state index contributed by atoms with van der Waals surface area (Å²) in [5.41, 5.74) is 2.17. The highest BCUT2D eigenvalue weighted by Gasteiger charge is 2.32. The van der Waals surface area contributed by atoms with Crippen LogP contribution in [0.25, 0.3) is 11.1 Å². The number of rotatable bonds is 4. The Bertz CT molecular complexity index is 810. The molecule has 23 heavy (non-hydrogen) atoms. The van der Waals surface area contributed by atoms with Gasteiger partial charge in [0.25, 0.3) is 11.8 Å². The number of benzene rings is 2. The number of hydrogen-bond donors (Lipinski definition) is 1. The van der Waals surface area contributed by atoms with Crippen molar-refractivity contribution in [2.75, 3.05) is 0 Å². The maximum Gasteiger partial charge on any atom is 0.262 e. The van der Waals surface area contributed by atoms with Crippen LogP contribution in [-0.2, 0) is 0 Å². The fraction of sp³-hybridized carbons (Fsp3) is 0.111. The molecule has 0 atom stereocenters. The van der Waals surface area contributed by atoms with Crippen molar-refractivity contribution in [2.45, 2.75) is 13.3 Å². The quantitative estimate of drug-likeness (QED) is 0.676. The summed E-state index contributed by atoms with van der Waals surface area (Å²) in [6, 6.07) is 10.6. The standard InChI is InChI=1S/C18H14ClNO3/c1-2-3-10-23-16-13(11-4-6-12(19)7-5-11)8-9-14-15(16)18(22)20-17(14)21/h3-10H,2H2,1H3,(H,20,21,22). The van der Waals surface area contributed by atoms with E-state index in [4.69, 9.17) is 16.3 Å². The summed E-state index contributed by atoms with van der Waals surface area (Å²) in [4.78, 5) is 23.9. The lowest BCUT2D eigenvalue weighted by Gasteiger charge is -2.12. The van der Waals surface area contributed by atoms with Gasteiger partial charge >= 0.3 is 0 Å². The summed E-state index contributed by atoms with van der Waals surface area (Å²) < 4.78 is 5.70. The van der Waals surface area contributed by atoms with Crippen LogP contribution in [0.15, 0.2) is 48.7 Å². The molecule has 0 saturated carbocycles. The van der Waals surface area contributed by atoms with Crippen molar-refractivity contribution in [1.82, 2.24) is 5.32 Å². The van der Waals surface area contributed by atoms with E-state index >= 15 is 0 Å². The first-order valence-corrected chi connectivity index (χ1v) is 7.60. The highest BCUT2D eigenvalue weighted by Crippen LogP contribution is 2.37. The smallest absolute Gasteiger partial charge is 0.262 e. The number of amides is 2. The summed E-state index contributed by atoms with van der Waals surface area (Å²) in [6.07, 6.45) is 4.17. The van der Waals surface area contributed by atoms with E-state index in [0.29, 0.717) is 16.3 Å². The molecule has 0 aromatic heterocycles. The van der Waals surface area contributed by atoms with E-state index in [9.17, 15) is 9.59 Å². The molecule has 1 heterocycles. The summed E-state index contributed by atoms with van der Waals surface area (Å²) in [5, 5.41) is 2.92. The summed E-state index contributed by atoms with van der Waals surface area (Å²) >= 11 is 5.93. The fourth-order valence-electron chi connectivity index (χ4n) is 2.42. The average molecular weight is 328 g/mol. The monoisotopic (exact) mass is 327 g/mol. The predicted molar refractivity (Wildman–Crippen MR) is 88.7 cm³/mol. The lowest BCUT2D eigenvalue weighted by atomic mass is 9.98. The van der Waals surface area contributed by atoms with Crippen molar-refractivity contribution in [3.8, 4) is 16.9 Å². The van der Waals surface area contributed by atoms with Gasteiger partial charge in [-0.15, -0.1) is 0 Å². The Morgan fingerprint density at radius 2 is 1.74 bits per heavy atom. The molecule has 0 saturated heterocycles. The van der Waals surface area contributed by atoms with Gasteiger partial charge in [-0.2, -0.15) is 0 Å². The van der Waals surface area contributed by atoms with Gasteiger partial charge in [-0.3, -0.25) is 14.9 Å². The second-order valence-corrected chi connectivity index (χ2v) is 5.49. The van der Waals surface area contributed by atoms with Crippen molar-refractivity contribution in [1.29, 1.82) is 0 Å². The van der Waals surface area contributed by atoms with E-state index in [-0.39, 0.29) is 5.56 Å². The molecule has 0 unspecified atom stereocenters. The number of fused-ring (bicyclic) bond motifs is 1. The lowest BCUT2D eigenvalue weighted by molar-refractivity contribution is 0.0879. The van der Waals surface area contributed by atoms with Crippen molar-refractivity contribution >= 4 is 23.4 Å². The molecule has 2 amide bonds. The molecule has 116 valence electrons. The van der Waals surface area contributed by atoms with Crippen LogP contribution < -0.4 is 10.1 Å². The molecule has 0 bridgehead atoms. The van der Waals surface area contributed by atoms with E-state index < -0.39 is 11.8 Å². The second kappa shape index (κ2) is 6.26. The van der Waals surface area contributed by atoms with Crippen LogP contribution in [0.1, 0.15) is 34.1 Å². The first-order chi connectivity index (χ1) is 11.1. The van der Waals surface area contributed by atoms with E-state index in [1.165, 1.54) is 6.26 Å². The van der Waals surface area contributed by atoms with E-state index in [2.05, 4.69) is 5.32 Å². The molecule has 2 aromatic carbocycles. The molecule has 3 rings (SSSR count). The Labute approximate surface area is 138 Å². The number of allylic oxidation sites excluding steroid dienone is 1. The third-order valence-corrected chi connectivity index (χ3v) is 3.78. The number of nitrogens with one attached hydrogen (secondary N) is 1. The zero-order valence-corrected chi connectivity index (χ0v) is 13.2. The Hall–Kier alpha value is -2.59. The highest BCUT2D eigenvalue weighted by atomic mass is 35.5. The predicted octanol–water partition coefficient (Wildman–Crippen LogP) is 4.19. The molecule has 1 aliphatic heterocycles. The van der Waals surface area contributed by atoms with Crippen molar-refractivity contribution < 1.29 is 14.3 Å². The van der Waals surface area contributed by atoms with Crippen LogP contribution in [0.2, 0.25) is 5.02 Å². The largest absolute Gasteiger partial charge is 0.464 e. The summed E-state index contributed by atoms with van der Waals surface area (Å²) in [5.74, 6) is -0.476. The van der Waals surface area contributed by atoms with E-state index in [1.54, 1.807) is 24.3 Å². The average Bonchev–Trinajstić information content (AvgIpc) is 2.83. The molecule has 1 aliphatic rings. The van der Waals surface area contributed by atoms with Gasteiger partial charge in [0.05, 0.1) is 17.4 Å². The Morgan fingerprint density at radius 1 is 1.04 bits per heavy atom. The second-order valence-electron chi connectivity index (χ2n) is 5.05. The normalized spacial score (nSPS) is 13.3. The number of imide groups is 1. The first kappa shape index (κ1) is 15.3. The zero-order valence-electron chi connectivity index (χ0n) is 12.4. The Morgan fingerprint density at radius 3 is 2.43 bits per heavy atom. The SMILES string of the molecule is CCC=COc1c(-c2ccc(Cl)cc2)ccc2c1C(=O)NC2=O. The van der Waals surface area contributed by atoms with Gasteiger partial charge in [-0.25, -0.2) is 0 Å². The maximum atomic E-state index is 12.1. The molecule has 4 nitrogen and oxygen atoms in total. The minimum Gasteiger partial charge on any atom is -0.464 e. The fourth-order valence-corrected chi connectivity index (χ4v) is 2.55. The third-order valence-electron chi connectivity index (χ3n) is 3.53. The van der Waals surface area contributed by atoms with Gasteiger partial charge in [0.2, 0.25) is 0 Å². The minimum atomic E-state index is -0.444. The summed E-state index contributed by atoms with van der Waals surface area (Å²) in [6.45, 7) is 1.98. The molecule has 0 spiro atoms.